The van der Waals surface area contributed by atoms with Gasteiger partial charge in [0.25, 0.3) is 5.69 Å². The molecule has 0 unspecified atom stereocenters. The third kappa shape index (κ3) is 2.82. The van der Waals surface area contributed by atoms with E-state index in [1.54, 1.807) is 13.0 Å². The van der Waals surface area contributed by atoms with Crippen molar-refractivity contribution in [3.63, 3.8) is 0 Å². The van der Waals surface area contributed by atoms with Crippen LogP contribution < -0.4 is 14.8 Å². The lowest BCUT2D eigenvalue weighted by molar-refractivity contribution is -0.384. The number of nitro groups is 1. The van der Waals surface area contributed by atoms with Crippen LogP contribution in [0.4, 0.5) is 11.4 Å². The van der Waals surface area contributed by atoms with Crippen molar-refractivity contribution >= 4 is 17.3 Å². The van der Waals surface area contributed by atoms with Gasteiger partial charge in [-0.2, -0.15) is 0 Å². The Hall–Kier alpha value is -2.57. The first-order chi connectivity index (χ1) is 9.11. The lowest BCUT2D eigenvalue weighted by Gasteiger charge is -2.19. The van der Waals surface area contributed by atoms with Crippen LogP contribution in [-0.4, -0.2) is 24.0 Å². The molecule has 1 aromatic carbocycles. The number of hydrogen-bond acceptors (Lipinski definition) is 5. The smallest absolute Gasteiger partial charge is 0.296 e. The predicted octanol–water partition coefficient (Wildman–Crippen LogP) is 1.88. The molecule has 1 aromatic rings. The summed E-state index contributed by atoms with van der Waals surface area (Å²) in [6, 6.07) is 2.65. The Balaban J connectivity index is 2.39. The Kier molecular flexibility index (Phi) is 3.65. The molecule has 19 heavy (non-hydrogen) atoms. The maximum atomic E-state index is 11.5. The zero-order chi connectivity index (χ0) is 13.8. The van der Waals surface area contributed by atoms with E-state index >= 15 is 0 Å². The van der Waals surface area contributed by atoms with Crippen LogP contribution in [0.3, 0.4) is 0 Å². The monoisotopic (exact) mass is 264 g/mol. The number of anilines is 1. The Labute approximate surface area is 109 Å². The molecule has 0 atom stereocenters. The van der Waals surface area contributed by atoms with Crippen LogP contribution in [0.1, 0.15) is 6.92 Å². The second-order valence-corrected chi connectivity index (χ2v) is 3.76. The molecule has 1 heterocycles. The van der Waals surface area contributed by atoms with Gasteiger partial charge in [0.15, 0.2) is 11.5 Å². The number of allylic oxidation sites excluding steroid dienone is 1. The van der Waals surface area contributed by atoms with Gasteiger partial charge in [-0.1, -0.05) is 6.08 Å². The second kappa shape index (κ2) is 5.38. The van der Waals surface area contributed by atoms with Gasteiger partial charge in [0, 0.05) is 6.07 Å². The lowest BCUT2D eigenvalue weighted by Crippen LogP contribution is -2.16. The summed E-state index contributed by atoms with van der Waals surface area (Å²) < 4.78 is 10.6. The highest BCUT2D eigenvalue weighted by Gasteiger charge is 2.22. The Bertz CT molecular complexity index is 553. The molecule has 0 aliphatic carbocycles. The van der Waals surface area contributed by atoms with Crippen molar-refractivity contribution in [2.75, 3.05) is 18.5 Å². The molecule has 1 amide bonds. The minimum Gasteiger partial charge on any atom is -0.486 e. The SMILES string of the molecule is C/C=C\C(=O)Nc1cc2c(cc1[N+](=O)[O-])OCCO2. The molecule has 1 aliphatic rings. The number of nitrogens with zero attached hydrogens (tertiary/aromatic N) is 1. The molecular formula is C12H12N2O5. The summed E-state index contributed by atoms with van der Waals surface area (Å²) in [5.74, 6) is 0.247. The molecule has 0 bridgehead atoms. The van der Waals surface area contributed by atoms with Gasteiger partial charge in [-0.15, -0.1) is 0 Å². The van der Waals surface area contributed by atoms with E-state index in [-0.39, 0.29) is 11.4 Å². The number of rotatable bonds is 3. The van der Waals surface area contributed by atoms with Crippen LogP contribution in [0, 0.1) is 10.1 Å². The molecule has 1 N–H and O–H groups in total. The first-order valence-corrected chi connectivity index (χ1v) is 5.63. The van der Waals surface area contributed by atoms with Crippen molar-refractivity contribution in [2.45, 2.75) is 6.92 Å². The lowest BCUT2D eigenvalue weighted by atomic mass is 10.2. The Morgan fingerprint density at radius 1 is 1.37 bits per heavy atom. The van der Waals surface area contributed by atoms with Crippen molar-refractivity contribution < 1.29 is 19.2 Å². The van der Waals surface area contributed by atoms with Crippen LogP contribution >= 0.6 is 0 Å². The molecule has 7 heteroatoms. The van der Waals surface area contributed by atoms with Gasteiger partial charge in [0.1, 0.15) is 18.9 Å². The number of carbonyl (C=O) groups excluding carboxylic acids is 1. The summed E-state index contributed by atoms with van der Waals surface area (Å²) in [7, 11) is 0. The number of ether oxygens (including phenoxy) is 2. The van der Waals surface area contributed by atoms with Crippen molar-refractivity contribution in [1.29, 1.82) is 0 Å². The normalized spacial score (nSPS) is 13.3. The van der Waals surface area contributed by atoms with Gasteiger partial charge in [-0.3, -0.25) is 14.9 Å². The highest BCUT2D eigenvalue weighted by Crippen LogP contribution is 2.39. The van der Waals surface area contributed by atoms with Gasteiger partial charge in [0.2, 0.25) is 5.91 Å². The molecule has 0 fully saturated rings. The van der Waals surface area contributed by atoms with Crippen molar-refractivity contribution in [3.8, 4) is 11.5 Å². The molecular weight excluding hydrogens is 252 g/mol. The van der Waals surface area contributed by atoms with E-state index in [1.165, 1.54) is 18.2 Å². The maximum absolute atomic E-state index is 11.5. The molecule has 0 saturated carbocycles. The fourth-order valence-corrected chi connectivity index (χ4v) is 1.66. The fraction of sp³-hybridized carbons (Fsp3) is 0.250. The van der Waals surface area contributed by atoms with Crippen molar-refractivity contribution in [3.05, 3.63) is 34.4 Å². The zero-order valence-corrected chi connectivity index (χ0v) is 10.2. The number of carbonyl (C=O) groups is 1. The van der Waals surface area contributed by atoms with E-state index in [0.717, 1.165) is 0 Å². The molecule has 0 saturated heterocycles. The minimum absolute atomic E-state index is 0.0809. The number of fused-ring (bicyclic) bond motifs is 1. The summed E-state index contributed by atoms with van der Waals surface area (Å²) in [5.41, 5.74) is -0.153. The fourth-order valence-electron chi connectivity index (χ4n) is 1.66. The quantitative estimate of drug-likeness (QED) is 0.511. The van der Waals surface area contributed by atoms with Gasteiger partial charge >= 0.3 is 0 Å². The molecule has 0 spiro atoms. The third-order valence-corrected chi connectivity index (χ3v) is 2.43. The highest BCUT2D eigenvalue weighted by atomic mass is 16.6. The van der Waals surface area contributed by atoms with Crippen molar-refractivity contribution in [1.82, 2.24) is 0 Å². The predicted molar refractivity (Wildman–Crippen MR) is 67.5 cm³/mol. The van der Waals surface area contributed by atoms with E-state index in [4.69, 9.17) is 9.47 Å². The van der Waals surface area contributed by atoms with E-state index in [9.17, 15) is 14.9 Å². The largest absolute Gasteiger partial charge is 0.486 e. The summed E-state index contributed by atoms with van der Waals surface area (Å²) in [6.45, 7) is 2.39. The van der Waals surface area contributed by atoms with Gasteiger partial charge in [0.05, 0.1) is 11.0 Å². The third-order valence-electron chi connectivity index (χ3n) is 2.43. The molecule has 1 aliphatic heterocycles. The summed E-state index contributed by atoms with van der Waals surface area (Å²) in [4.78, 5) is 21.9. The summed E-state index contributed by atoms with van der Waals surface area (Å²) in [5, 5.41) is 13.4. The van der Waals surface area contributed by atoms with E-state index in [2.05, 4.69) is 5.32 Å². The van der Waals surface area contributed by atoms with Crippen LogP contribution in [0.5, 0.6) is 11.5 Å². The molecule has 7 nitrogen and oxygen atoms in total. The van der Waals surface area contributed by atoms with Crippen LogP contribution in [0.2, 0.25) is 0 Å². The molecule has 2 rings (SSSR count). The van der Waals surface area contributed by atoms with E-state index in [1.807, 2.05) is 0 Å². The first-order valence-electron chi connectivity index (χ1n) is 5.63. The molecule has 0 radical (unpaired) electrons. The van der Waals surface area contributed by atoms with Crippen molar-refractivity contribution in [2.24, 2.45) is 0 Å². The summed E-state index contributed by atoms with van der Waals surface area (Å²) >= 11 is 0. The van der Waals surface area contributed by atoms with Gasteiger partial charge in [-0.25, -0.2) is 0 Å². The van der Waals surface area contributed by atoms with E-state index in [0.29, 0.717) is 24.7 Å². The average Bonchev–Trinajstić information content (AvgIpc) is 2.38. The molecule has 100 valence electrons. The molecule has 0 aromatic heterocycles. The number of hydrogen-bond donors (Lipinski definition) is 1. The zero-order valence-electron chi connectivity index (χ0n) is 10.2. The second-order valence-electron chi connectivity index (χ2n) is 3.76. The Morgan fingerprint density at radius 2 is 2.00 bits per heavy atom. The number of nitrogens with one attached hydrogen (secondary N) is 1. The topological polar surface area (TPSA) is 90.7 Å². The standard InChI is InChI=1S/C12H12N2O5/c1-2-3-12(15)13-8-6-10-11(19-5-4-18-10)7-9(8)14(16)17/h2-3,6-7H,4-5H2,1H3,(H,13,15)/b3-2-. The van der Waals surface area contributed by atoms with E-state index < -0.39 is 10.8 Å². The first kappa shape index (κ1) is 12.9. The highest BCUT2D eigenvalue weighted by molar-refractivity contribution is 6.01. The Morgan fingerprint density at radius 3 is 2.58 bits per heavy atom. The number of nitro benzene ring substituents is 1. The average molecular weight is 264 g/mol. The maximum Gasteiger partial charge on any atom is 0.296 e. The minimum atomic E-state index is -0.580. The number of amides is 1. The summed E-state index contributed by atoms with van der Waals surface area (Å²) in [6.07, 6.45) is 2.82. The van der Waals surface area contributed by atoms with Crippen LogP contribution in [0.25, 0.3) is 0 Å². The van der Waals surface area contributed by atoms with Crippen LogP contribution in [-0.2, 0) is 4.79 Å². The van der Waals surface area contributed by atoms with Gasteiger partial charge < -0.3 is 14.8 Å². The van der Waals surface area contributed by atoms with Crippen LogP contribution in [0.15, 0.2) is 24.3 Å². The van der Waals surface area contributed by atoms with Gasteiger partial charge in [-0.05, 0) is 13.0 Å². The number of benzene rings is 1.